The van der Waals surface area contributed by atoms with Crippen LogP contribution < -0.4 is 10.5 Å². The van der Waals surface area contributed by atoms with Crippen molar-refractivity contribution in [3.63, 3.8) is 0 Å². The Kier molecular flexibility index (Phi) is 5.17. The Morgan fingerprint density at radius 2 is 2.00 bits per heavy atom. The molecule has 0 aliphatic heterocycles. The first-order valence-corrected chi connectivity index (χ1v) is 6.83. The molecule has 0 radical (unpaired) electrons. The number of methoxy groups -OCH3 is 1. The third kappa shape index (κ3) is 3.97. The van der Waals surface area contributed by atoms with Gasteiger partial charge in [0.25, 0.3) is 0 Å². The number of nitrogens with two attached hydrogens (primary N) is 1. The smallest absolute Gasteiger partial charge is 0.303 e. The summed E-state index contributed by atoms with van der Waals surface area (Å²) in [4.78, 5) is 10.6. The molecule has 1 unspecified atom stereocenters. The Morgan fingerprint density at radius 1 is 1.40 bits per heavy atom. The molecule has 0 bridgehead atoms. The topological polar surface area (TPSA) is 72.5 Å². The van der Waals surface area contributed by atoms with Crippen LogP contribution in [0.4, 0.5) is 0 Å². The fraction of sp³-hybridized carbons (Fsp3) is 0.562. The molecule has 0 spiro atoms. The molecule has 0 saturated carbocycles. The van der Waals surface area contributed by atoms with Crippen molar-refractivity contribution < 1.29 is 14.6 Å². The van der Waals surface area contributed by atoms with E-state index in [0.717, 1.165) is 22.4 Å². The van der Waals surface area contributed by atoms with E-state index in [9.17, 15) is 4.79 Å². The molecular formula is C16H25NO3. The van der Waals surface area contributed by atoms with E-state index in [0.29, 0.717) is 6.42 Å². The summed E-state index contributed by atoms with van der Waals surface area (Å²) in [5.74, 6) is -0.0137. The van der Waals surface area contributed by atoms with Crippen LogP contribution in [-0.4, -0.2) is 18.2 Å². The van der Waals surface area contributed by atoms with Crippen LogP contribution in [-0.2, 0) is 10.2 Å². The van der Waals surface area contributed by atoms with Crippen molar-refractivity contribution in [2.24, 2.45) is 5.73 Å². The maximum atomic E-state index is 10.6. The predicted molar refractivity (Wildman–Crippen MR) is 80.2 cm³/mol. The lowest BCUT2D eigenvalue weighted by atomic mass is 9.83. The molecule has 1 rings (SSSR count). The second-order valence-corrected chi connectivity index (χ2v) is 6.20. The van der Waals surface area contributed by atoms with Crippen molar-refractivity contribution >= 4 is 5.97 Å². The number of benzene rings is 1. The number of carboxylic acids is 1. The second-order valence-electron chi connectivity index (χ2n) is 6.20. The highest BCUT2D eigenvalue weighted by atomic mass is 16.5. The van der Waals surface area contributed by atoms with Crippen LogP contribution >= 0.6 is 0 Å². The van der Waals surface area contributed by atoms with Gasteiger partial charge in [0.2, 0.25) is 0 Å². The van der Waals surface area contributed by atoms with Gasteiger partial charge in [0.15, 0.2) is 0 Å². The quantitative estimate of drug-likeness (QED) is 0.868. The minimum atomic E-state index is -0.823. The molecule has 112 valence electrons. The van der Waals surface area contributed by atoms with E-state index in [4.69, 9.17) is 15.6 Å². The molecular weight excluding hydrogens is 254 g/mol. The molecule has 1 aromatic carbocycles. The molecule has 20 heavy (non-hydrogen) atoms. The summed E-state index contributed by atoms with van der Waals surface area (Å²) in [7, 11) is 1.65. The lowest BCUT2D eigenvalue weighted by molar-refractivity contribution is -0.137. The van der Waals surface area contributed by atoms with Crippen LogP contribution in [0.5, 0.6) is 5.75 Å². The van der Waals surface area contributed by atoms with Crippen molar-refractivity contribution in [2.45, 2.75) is 52.0 Å². The van der Waals surface area contributed by atoms with Crippen LogP contribution in [0.2, 0.25) is 0 Å². The van der Waals surface area contributed by atoms with Crippen molar-refractivity contribution in [3.8, 4) is 5.75 Å². The van der Waals surface area contributed by atoms with E-state index >= 15 is 0 Å². The van der Waals surface area contributed by atoms with Gasteiger partial charge in [0.1, 0.15) is 5.75 Å². The lowest BCUT2D eigenvalue weighted by Crippen LogP contribution is -2.17. The Hall–Kier alpha value is -1.55. The van der Waals surface area contributed by atoms with Gasteiger partial charge >= 0.3 is 5.97 Å². The lowest BCUT2D eigenvalue weighted by Gasteiger charge is -2.25. The monoisotopic (exact) mass is 279 g/mol. The van der Waals surface area contributed by atoms with E-state index in [1.54, 1.807) is 7.11 Å². The van der Waals surface area contributed by atoms with Gasteiger partial charge in [-0.1, -0.05) is 26.8 Å². The molecule has 0 aliphatic carbocycles. The zero-order chi connectivity index (χ0) is 15.5. The Bertz CT molecular complexity index is 489. The van der Waals surface area contributed by atoms with Crippen LogP contribution in [0, 0.1) is 6.92 Å². The van der Waals surface area contributed by atoms with Crippen molar-refractivity contribution in [3.05, 3.63) is 28.8 Å². The van der Waals surface area contributed by atoms with Crippen molar-refractivity contribution in [1.82, 2.24) is 0 Å². The SMILES string of the molecule is COc1cc(C(N)CCC(=O)O)c(C)cc1C(C)(C)C. The van der Waals surface area contributed by atoms with Crippen LogP contribution in [0.1, 0.15) is 56.3 Å². The first-order valence-electron chi connectivity index (χ1n) is 6.83. The highest BCUT2D eigenvalue weighted by Crippen LogP contribution is 2.35. The Labute approximate surface area is 120 Å². The van der Waals surface area contributed by atoms with Crippen molar-refractivity contribution in [1.29, 1.82) is 0 Å². The predicted octanol–water partition coefficient (Wildman–Crippen LogP) is 3.17. The highest BCUT2D eigenvalue weighted by Gasteiger charge is 2.22. The molecule has 1 atom stereocenters. The Morgan fingerprint density at radius 3 is 2.45 bits per heavy atom. The van der Waals surface area contributed by atoms with E-state index in [1.807, 2.05) is 13.0 Å². The minimum Gasteiger partial charge on any atom is -0.496 e. The molecule has 0 amide bonds. The molecule has 1 aromatic rings. The molecule has 3 N–H and O–H groups in total. The number of hydrogen-bond acceptors (Lipinski definition) is 3. The van der Waals surface area contributed by atoms with Crippen molar-refractivity contribution in [2.75, 3.05) is 7.11 Å². The van der Waals surface area contributed by atoms with Gasteiger partial charge in [-0.2, -0.15) is 0 Å². The summed E-state index contributed by atoms with van der Waals surface area (Å²) in [6.45, 7) is 8.40. The minimum absolute atomic E-state index is 0.0141. The summed E-state index contributed by atoms with van der Waals surface area (Å²) in [6, 6.07) is 3.76. The summed E-state index contributed by atoms with van der Waals surface area (Å²) < 4.78 is 5.47. The average Bonchev–Trinajstić information content (AvgIpc) is 2.34. The summed E-state index contributed by atoms with van der Waals surface area (Å²) >= 11 is 0. The zero-order valence-electron chi connectivity index (χ0n) is 13.0. The van der Waals surface area contributed by atoms with E-state index in [1.165, 1.54) is 0 Å². The maximum absolute atomic E-state index is 10.6. The number of aryl methyl sites for hydroxylation is 1. The highest BCUT2D eigenvalue weighted by molar-refractivity contribution is 5.66. The summed E-state index contributed by atoms with van der Waals surface area (Å²) in [6.07, 6.45) is 0.498. The third-order valence-electron chi connectivity index (χ3n) is 3.46. The van der Waals surface area contributed by atoms with Gasteiger partial charge in [0.05, 0.1) is 7.11 Å². The number of ether oxygens (including phenoxy) is 1. The molecule has 4 heteroatoms. The Balaban J connectivity index is 3.14. The van der Waals surface area contributed by atoms with Gasteiger partial charge in [-0.3, -0.25) is 4.79 Å². The van der Waals surface area contributed by atoms with Crippen LogP contribution in [0.15, 0.2) is 12.1 Å². The number of carbonyl (C=O) groups is 1. The molecule has 0 saturated heterocycles. The molecule has 0 heterocycles. The average molecular weight is 279 g/mol. The number of aliphatic carboxylic acids is 1. The van der Waals surface area contributed by atoms with Gasteiger partial charge in [-0.15, -0.1) is 0 Å². The largest absolute Gasteiger partial charge is 0.496 e. The standard InChI is InChI=1S/C16H25NO3/c1-10-8-12(16(2,3)4)14(20-5)9-11(10)13(17)6-7-15(18)19/h8-9,13H,6-7,17H2,1-5H3,(H,18,19). The fourth-order valence-electron chi connectivity index (χ4n) is 2.29. The molecule has 0 aliphatic rings. The number of rotatable bonds is 5. The number of hydrogen-bond donors (Lipinski definition) is 2. The van der Waals surface area contributed by atoms with Gasteiger partial charge in [0, 0.05) is 12.5 Å². The first-order chi connectivity index (χ1) is 9.16. The van der Waals surface area contributed by atoms with Gasteiger partial charge < -0.3 is 15.6 Å². The molecule has 4 nitrogen and oxygen atoms in total. The normalized spacial score (nSPS) is 13.1. The third-order valence-corrected chi connectivity index (χ3v) is 3.46. The summed E-state index contributed by atoms with van der Waals surface area (Å²) in [5, 5.41) is 8.75. The number of carboxylic acid groups (broad SMARTS) is 1. The molecule has 0 fully saturated rings. The zero-order valence-corrected chi connectivity index (χ0v) is 13.0. The fourth-order valence-corrected chi connectivity index (χ4v) is 2.29. The van der Waals surface area contributed by atoms with Gasteiger partial charge in [-0.05, 0) is 41.5 Å². The summed E-state index contributed by atoms with van der Waals surface area (Å²) in [5.41, 5.74) is 9.26. The first kappa shape index (κ1) is 16.5. The molecule has 0 aromatic heterocycles. The van der Waals surface area contributed by atoms with Gasteiger partial charge in [-0.25, -0.2) is 0 Å². The van der Waals surface area contributed by atoms with Crippen LogP contribution in [0.3, 0.4) is 0 Å². The second kappa shape index (κ2) is 6.27. The van der Waals surface area contributed by atoms with E-state index in [2.05, 4.69) is 26.8 Å². The van der Waals surface area contributed by atoms with Crippen LogP contribution in [0.25, 0.3) is 0 Å². The van der Waals surface area contributed by atoms with E-state index < -0.39 is 5.97 Å². The maximum Gasteiger partial charge on any atom is 0.303 e. The van der Waals surface area contributed by atoms with E-state index in [-0.39, 0.29) is 17.9 Å².